The van der Waals surface area contributed by atoms with Gasteiger partial charge in [-0.3, -0.25) is 0 Å². The number of carbonyl (C=O) groups excluding carboxylic acids is 1. The van der Waals surface area contributed by atoms with E-state index < -0.39 is 42.5 Å². The molecule has 1 rings (SSSR count). The zero-order chi connectivity index (χ0) is 16.2. The molecule has 0 aliphatic rings. The molecule has 5 nitrogen and oxygen atoms in total. The third-order valence-electron chi connectivity index (χ3n) is 2.53. The van der Waals surface area contributed by atoms with Crippen LogP contribution in [0, 0.1) is 5.82 Å². The van der Waals surface area contributed by atoms with Crippen LogP contribution >= 0.6 is 0 Å². The van der Waals surface area contributed by atoms with Gasteiger partial charge in [0.05, 0.1) is 12.0 Å². The summed E-state index contributed by atoms with van der Waals surface area (Å²) in [6.45, 7) is -0.551. The highest BCUT2D eigenvalue weighted by Gasteiger charge is 2.28. The van der Waals surface area contributed by atoms with Crippen LogP contribution in [0.25, 0.3) is 0 Å². The second kappa shape index (κ2) is 6.42. The summed E-state index contributed by atoms with van der Waals surface area (Å²) >= 11 is 0. The Labute approximate surface area is 117 Å². The number of alkyl halides is 3. The van der Waals surface area contributed by atoms with E-state index in [0.29, 0.717) is 0 Å². The number of hydrogen-bond acceptors (Lipinski definition) is 2. The molecule has 0 atom stereocenters. The summed E-state index contributed by atoms with van der Waals surface area (Å²) in [5, 5.41) is 10.8. The van der Waals surface area contributed by atoms with Crippen LogP contribution in [0.5, 0.6) is 0 Å². The molecule has 1 aromatic rings. The molecule has 0 unspecified atom stereocenters. The van der Waals surface area contributed by atoms with Gasteiger partial charge in [-0.05, 0) is 18.2 Å². The molecule has 0 aliphatic carbocycles. The zero-order valence-corrected chi connectivity index (χ0v) is 10.9. The van der Waals surface area contributed by atoms with Crippen LogP contribution in [0.1, 0.15) is 16.8 Å². The molecule has 0 heterocycles. The first-order valence-corrected chi connectivity index (χ1v) is 5.72. The number of carbonyl (C=O) groups is 2. The molecule has 116 valence electrons. The van der Waals surface area contributed by atoms with Crippen LogP contribution in [0.3, 0.4) is 0 Å². The van der Waals surface area contributed by atoms with Crippen molar-refractivity contribution in [1.29, 1.82) is 0 Å². The maximum absolute atomic E-state index is 13.4. The smallest absolute Gasteiger partial charge is 0.390 e. The number of carboxylic acids is 1. The van der Waals surface area contributed by atoms with Gasteiger partial charge in [-0.2, -0.15) is 13.2 Å². The van der Waals surface area contributed by atoms with E-state index in [1.165, 1.54) is 0 Å². The highest BCUT2D eigenvalue weighted by molar-refractivity contribution is 5.91. The van der Waals surface area contributed by atoms with Gasteiger partial charge < -0.3 is 15.3 Å². The van der Waals surface area contributed by atoms with Crippen molar-refractivity contribution in [3.05, 3.63) is 29.6 Å². The first-order chi connectivity index (χ1) is 9.60. The Hall–Kier alpha value is -2.32. The molecule has 9 heteroatoms. The SMILES string of the molecule is CN(CCC(F)(F)F)C(=O)Nc1ccc(C(=O)O)c(F)c1. The van der Waals surface area contributed by atoms with Crippen molar-refractivity contribution in [3.8, 4) is 0 Å². The van der Waals surface area contributed by atoms with Crippen molar-refractivity contribution in [2.75, 3.05) is 18.9 Å². The van der Waals surface area contributed by atoms with Crippen LogP contribution in [0.2, 0.25) is 0 Å². The maximum atomic E-state index is 13.4. The van der Waals surface area contributed by atoms with E-state index in [0.717, 1.165) is 30.1 Å². The number of rotatable bonds is 4. The Morgan fingerprint density at radius 3 is 2.43 bits per heavy atom. The molecule has 0 saturated carbocycles. The molecule has 0 radical (unpaired) electrons. The average molecular weight is 308 g/mol. The number of hydrogen-bond donors (Lipinski definition) is 2. The number of halogens is 4. The molecule has 0 saturated heterocycles. The van der Waals surface area contributed by atoms with Crippen LogP contribution in [0.15, 0.2) is 18.2 Å². The van der Waals surface area contributed by atoms with E-state index in [4.69, 9.17) is 5.11 Å². The van der Waals surface area contributed by atoms with E-state index in [-0.39, 0.29) is 5.69 Å². The fourth-order valence-corrected chi connectivity index (χ4v) is 1.38. The van der Waals surface area contributed by atoms with E-state index in [9.17, 15) is 27.2 Å². The first kappa shape index (κ1) is 16.7. The van der Waals surface area contributed by atoms with Gasteiger partial charge in [-0.1, -0.05) is 0 Å². The molecule has 0 bridgehead atoms. The van der Waals surface area contributed by atoms with Gasteiger partial charge in [0.15, 0.2) is 0 Å². The lowest BCUT2D eigenvalue weighted by molar-refractivity contribution is -0.135. The lowest BCUT2D eigenvalue weighted by Crippen LogP contribution is -2.34. The quantitative estimate of drug-likeness (QED) is 0.840. The number of nitrogens with one attached hydrogen (secondary N) is 1. The minimum Gasteiger partial charge on any atom is -0.478 e. The zero-order valence-electron chi connectivity index (χ0n) is 10.9. The third kappa shape index (κ3) is 5.28. The number of urea groups is 1. The van der Waals surface area contributed by atoms with Crippen molar-refractivity contribution in [1.82, 2.24) is 4.90 Å². The van der Waals surface area contributed by atoms with E-state index in [2.05, 4.69) is 5.32 Å². The number of aromatic carboxylic acids is 1. The van der Waals surface area contributed by atoms with E-state index in [1.807, 2.05) is 0 Å². The minimum absolute atomic E-state index is 0.0543. The third-order valence-corrected chi connectivity index (χ3v) is 2.53. The van der Waals surface area contributed by atoms with Crippen LogP contribution in [-0.2, 0) is 0 Å². The fraction of sp³-hybridized carbons (Fsp3) is 0.333. The Balaban J connectivity index is 2.66. The second-order valence-corrected chi connectivity index (χ2v) is 4.22. The average Bonchev–Trinajstić information content (AvgIpc) is 2.34. The summed E-state index contributed by atoms with van der Waals surface area (Å²) in [6.07, 6.45) is -5.55. The lowest BCUT2D eigenvalue weighted by atomic mass is 10.2. The first-order valence-electron chi connectivity index (χ1n) is 5.72. The van der Waals surface area contributed by atoms with Crippen molar-refractivity contribution in [3.63, 3.8) is 0 Å². The highest BCUT2D eigenvalue weighted by atomic mass is 19.4. The normalized spacial score (nSPS) is 11.1. The summed E-state index contributed by atoms with van der Waals surface area (Å²) in [4.78, 5) is 23.0. The second-order valence-electron chi connectivity index (χ2n) is 4.22. The van der Waals surface area contributed by atoms with Gasteiger partial charge in [0.1, 0.15) is 5.82 Å². The van der Waals surface area contributed by atoms with Gasteiger partial charge in [-0.25, -0.2) is 14.0 Å². The predicted octanol–water partition coefficient (Wildman–Crippen LogP) is 2.94. The van der Waals surface area contributed by atoms with E-state index in [1.54, 1.807) is 0 Å². The molecule has 0 aromatic heterocycles. The van der Waals surface area contributed by atoms with Crippen molar-refractivity contribution in [2.45, 2.75) is 12.6 Å². The van der Waals surface area contributed by atoms with Gasteiger partial charge in [0.2, 0.25) is 0 Å². The standard InChI is InChI=1S/C12H12F4N2O3/c1-18(5-4-12(14,15)16)11(21)17-7-2-3-8(10(19)20)9(13)6-7/h2-3,6H,4-5H2,1H3,(H,17,21)(H,19,20). The number of nitrogens with zero attached hydrogens (tertiary/aromatic N) is 1. The summed E-state index contributed by atoms with van der Waals surface area (Å²) in [7, 11) is 1.16. The molecule has 0 fully saturated rings. The van der Waals surface area contributed by atoms with Crippen molar-refractivity contribution in [2.24, 2.45) is 0 Å². The topological polar surface area (TPSA) is 69.6 Å². The van der Waals surface area contributed by atoms with Crippen LogP contribution < -0.4 is 5.32 Å². The molecular weight excluding hydrogens is 296 g/mol. The summed E-state index contributed by atoms with van der Waals surface area (Å²) in [6, 6.07) is 2.01. The Morgan fingerprint density at radius 1 is 1.33 bits per heavy atom. The number of benzene rings is 1. The molecule has 2 amide bonds. The van der Waals surface area contributed by atoms with E-state index >= 15 is 0 Å². The molecule has 21 heavy (non-hydrogen) atoms. The van der Waals surface area contributed by atoms with Gasteiger partial charge in [0, 0.05) is 19.3 Å². The Bertz CT molecular complexity index is 546. The van der Waals surface area contributed by atoms with Gasteiger partial charge >= 0.3 is 18.2 Å². The molecule has 0 aliphatic heterocycles. The van der Waals surface area contributed by atoms with Crippen LogP contribution in [0.4, 0.5) is 28.0 Å². The summed E-state index contributed by atoms with van der Waals surface area (Å²) in [5.74, 6) is -2.52. The molecule has 0 spiro atoms. The van der Waals surface area contributed by atoms with Crippen molar-refractivity contribution < 1.29 is 32.3 Å². The number of amides is 2. The molecular formula is C12H12F4N2O3. The summed E-state index contributed by atoms with van der Waals surface area (Å²) < 4.78 is 49.4. The lowest BCUT2D eigenvalue weighted by Gasteiger charge is -2.18. The number of anilines is 1. The fourth-order valence-electron chi connectivity index (χ4n) is 1.38. The highest BCUT2D eigenvalue weighted by Crippen LogP contribution is 2.20. The Morgan fingerprint density at radius 2 is 1.95 bits per heavy atom. The van der Waals surface area contributed by atoms with Crippen molar-refractivity contribution >= 4 is 17.7 Å². The predicted molar refractivity (Wildman–Crippen MR) is 65.7 cm³/mol. The monoisotopic (exact) mass is 308 g/mol. The number of carboxylic acid groups (broad SMARTS) is 1. The minimum atomic E-state index is -4.39. The van der Waals surface area contributed by atoms with Gasteiger partial charge in [0.25, 0.3) is 0 Å². The van der Waals surface area contributed by atoms with Gasteiger partial charge in [-0.15, -0.1) is 0 Å². The van der Waals surface area contributed by atoms with Crippen LogP contribution in [-0.4, -0.2) is 41.8 Å². The summed E-state index contributed by atoms with van der Waals surface area (Å²) in [5.41, 5.74) is -0.625. The molecule has 1 aromatic carbocycles. The maximum Gasteiger partial charge on any atom is 0.390 e. The largest absolute Gasteiger partial charge is 0.478 e. The Kier molecular flexibility index (Phi) is 5.12. The molecule has 2 N–H and O–H groups in total.